The Kier molecular flexibility index (Phi) is 7.40. The van der Waals surface area contributed by atoms with Crippen molar-refractivity contribution in [3.63, 3.8) is 0 Å². The molecule has 32 heavy (non-hydrogen) atoms. The van der Waals surface area contributed by atoms with Crippen LogP contribution in [0.25, 0.3) is 0 Å². The van der Waals surface area contributed by atoms with Crippen molar-refractivity contribution < 1.29 is 18.7 Å². The van der Waals surface area contributed by atoms with Gasteiger partial charge in [0.25, 0.3) is 5.91 Å². The average molecular weight is 439 g/mol. The molecule has 2 aromatic rings. The predicted molar refractivity (Wildman–Crippen MR) is 121 cm³/mol. The maximum absolute atomic E-state index is 13.4. The maximum atomic E-state index is 13.4. The van der Waals surface area contributed by atoms with Gasteiger partial charge in [0.15, 0.2) is 0 Å². The summed E-state index contributed by atoms with van der Waals surface area (Å²) < 4.78 is 19.4. The molecule has 5 nitrogen and oxygen atoms in total. The lowest BCUT2D eigenvalue weighted by Crippen LogP contribution is -2.42. The summed E-state index contributed by atoms with van der Waals surface area (Å²) in [5, 5.41) is 0. The lowest BCUT2D eigenvalue weighted by Gasteiger charge is -2.33. The highest BCUT2D eigenvalue weighted by molar-refractivity contribution is 5.94. The first-order valence-electron chi connectivity index (χ1n) is 11.6. The SMILES string of the molecule is O=C(Cc1cccc(F)c1)N1CCC[C@@H](COc2cccc(C(=O)N3CCCCC3)c2)C1. The van der Waals surface area contributed by atoms with Crippen LogP contribution in [0, 0.1) is 11.7 Å². The number of nitrogens with zero attached hydrogens (tertiary/aromatic N) is 2. The Morgan fingerprint density at radius 1 is 0.938 bits per heavy atom. The van der Waals surface area contributed by atoms with Crippen LogP contribution >= 0.6 is 0 Å². The van der Waals surface area contributed by atoms with Crippen LogP contribution in [-0.4, -0.2) is 54.4 Å². The number of hydrogen-bond donors (Lipinski definition) is 0. The summed E-state index contributed by atoms with van der Waals surface area (Å²) in [5.41, 5.74) is 1.36. The number of carbonyl (C=O) groups excluding carboxylic acids is 2. The van der Waals surface area contributed by atoms with Crippen molar-refractivity contribution >= 4 is 11.8 Å². The molecule has 4 rings (SSSR count). The third kappa shape index (κ3) is 5.87. The number of amides is 2. The molecule has 0 bridgehead atoms. The number of likely N-dealkylation sites (tertiary alicyclic amines) is 2. The minimum atomic E-state index is -0.318. The van der Waals surface area contributed by atoms with Gasteiger partial charge in [-0.1, -0.05) is 18.2 Å². The van der Waals surface area contributed by atoms with Gasteiger partial charge in [0, 0.05) is 37.7 Å². The Hall–Kier alpha value is -2.89. The molecule has 0 unspecified atom stereocenters. The van der Waals surface area contributed by atoms with Gasteiger partial charge in [0.2, 0.25) is 5.91 Å². The van der Waals surface area contributed by atoms with E-state index < -0.39 is 0 Å². The third-order valence-corrected chi connectivity index (χ3v) is 6.33. The summed E-state index contributed by atoms with van der Waals surface area (Å²) in [5.74, 6) is 0.704. The van der Waals surface area contributed by atoms with E-state index >= 15 is 0 Å². The van der Waals surface area contributed by atoms with Gasteiger partial charge in [0.1, 0.15) is 11.6 Å². The average Bonchev–Trinajstić information content (AvgIpc) is 2.83. The van der Waals surface area contributed by atoms with E-state index in [0.717, 1.165) is 45.3 Å². The molecule has 2 aliphatic heterocycles. The monoisotopic (exact) mass is 438 g/mol. The first-order chi connectivity index (χ1) is 15.6. The fourth-order valence-electron chi connectivity index (χ4n) is 4.57. The van der Waals surface area contributed by atoms with Crippen molar-refractivity contribution in [1.82, 2.24) is 9.80 Å². The molecular formula is C26H31FN2O3. The Morgan fingerprint density at radius 3 is 2.53 bits per heavy atom. The molecule has 1 atom stereocenters. The molecule has 0 N–H and O–H groups in total. The Morgan fingerprint density at radius 2 is 1.72 bits per heavy atom. The standard InChI is InChI=1S/C26H31FN2O3/c27-23-10-4-7-20(15-23)16-25(30)29-14-6-8-21(18-29)19-32-24-11-5-9-22(17-24)26(31)28-12-2-1-3-13-28/h4-5,7,9-11,15,17,21H,1-3,6,8,12-14,16,18-19H2/t21-/m1/s1. The summed E-state index contributed by atoms with van der Waals surface area (Å²) in [6.45, 7) is 3.52. The summed E-state index contributed by atoms with van der Waals surface area (Å²) >= 11 is 0. The number of halogens is 1. The minimum Gasteiger partial charge on any atom is -0.493 e. The first kappa shape index (κ1) is 22.3. The highest BCUT2D eigenvalue weighted by atomic mass is 19.1. The van der Waals surface area contributed by atoms with Crippen LogP contribution in [0.4, 0.5) is 4.39 Å². The molecule has 2 aromatic carbocycles. The summed E-state index contributed by atoms with van der Waals surface area (Å²) in [4.78, 5) is 29.2. The van der Waals surface area contributed by atoms with Crippen LogP contribution in [-0.2, 0) is 11.2 Å². The number of ether oxygens (including phenoxy) is 1. The fourth-order valence-corrected chi connectivity index (χ4v) is 4.57. The molecule has 0 aromatic heterocycles. The van der Waals surface area contributed by atoms with Crippen molar-refractivity contribution in [2.75, 3.05) is 32.8 Å². The molecule has 2 fully saturated rings. The van der Waals surface area contributed by atoms with Gasteiger partial charge in [-0.2, -0.15) is 0 Å². The third-order valence-electron chi connectivity index (χ3n) is 6.33. The normalized spacial score (nSPS) is 19.0. The Balaban J connectivity index is 1.30. The molecule has 170 valence electrons. The summed E-state index contributed by atoms with van der Waals surface area (Å²) in [7, 11) is 0. The van der Waals surface area contributed by atoms with Gasteiger partial charge in [0.05, 0.1) is 13.0 Å². The van der Waals surface area contributed by atoms with Crippen LogP contribution in [0.5, 0.6) is 5.75 Å². The molecule has 0 saturated carbocycles. The minimum absolute atomic E-state index is 0.0226. The lowest BCUT2D eigenvalue weighted by atomic mass is 9.98. The largest absolute Gasteiger partial charge is 0.493 e. The molecule has 0 radical (unpaired) electrons. The molecule has 6 heteroatoms. The zero-order chi connectivity index (χ0) is 22.3. The van der Waals surface area contributed by atoms with Gasteiger partial charge in [-0.15, -0.1) is 0 Å². The van der Waals surface area contributed by atoms with E-state index in [-0.39, 0.29) is 30.0 Å². The van der Waals surface area contributed by atoms with Crippen molar-refractivity contribution in [3.05, 3.63) is 65.5 Å². The topological polar surface area (TPSA) is 49.9 Å². The summed E-state index contributed by atoms with van der Waals surface area (Å²) in [6, 6.07) is 13.6. The van der Waals surface area contributed by atoms with Gasteiger partial charge >= 0.3 is 0 Å². The smallest absolute Gasteiger partial charge is 0.253 e. The first-order valence-corrected chi connectivity index (χ1v) is 11.6. The van der Waals surface area contributed by atoms with E-state index in [0.29, 0.717) is 30.0 Å². The van der Waals surface area contributed by atoms with Crippen LogP contribution in [0.1, 0.15) is 48.0 Å². The predicted octanol–water partition coefficient (Wildman–Crippen LogP) is 4.31. The zero-order valence-corrected chi connectivity index (χ0v) is 18.5. The molecule has 0 spiro atoms. The number of piperidine rings is 2. The van der Waals surface area contributed by atoms with Gasteiger partial charge < -0.3 is 14.5 Å². The second-order valence-electron chi connectivity index (χ2n) is 8.85. The maximum Gasteiger partial charge on any atom is 0.253 e. The van der Waals surface area contributed by atoms with Crippen LogP contribution in [0.2, 0.25) is 0 Å². The second-order valence-corrected chi connectivity index (χ2v) is 8.85. The van der Waals surface area contributed by atoms with Gasteiger partial charge in [-0.05, 0) is 68.0 Å². The van der Waals surface area contributed by atoms with E-state index in [1.54, 1.807) is 12.1 Å². The van der Waals surface area contributed by atoms with Crippen LogP contribution in [0.15, 0.2) is 48.5 Å². The number of benzene rings is 2. The molecule has 0 aliphatic carbocycles. The Bertz CT molecular complexity index is 942. The molecule has 2 amide bonds. The van der Waals surface area contributed by atoms with E-state index in [1.807, 2.05) is 34.1 Å². The molecular weight excluding hydrogens is 407 g/mol. The number of rotatable bonds is 6. The molecule has 2 heterocycles. The van der Waals surface area contributed by atoms with Crippen molar-refractivity contribution in [1.29, 1.82) is 0 Å². The lowest BCUT2D eigenvalue weighted by molar-refractivity contribution is -0.132. The van der Waals surface area contributed by atoms with E-state index in [2.05, 4.69) is 0 Å². The van der Waals surface area contributed by atoms with Crippen molar-refractivity contribution in [2.24, 2.45) is 5.92 Å². The van der Waals surface area contributed by atoms with Gasteiger partial charge in [-0.25, -0.2) is 4.39 Å². The van der Waals surface area contributed by atoms with Crippen molar-refractivity contribution in [2.45, 2.75) is 38.5 Å². The summed E-state index contributed by atoms with van der Waals surface area (Å²) in [6.07, 6.45) is 5.46. The number of hydrogen-bond acceptors (Lipinski definition) is 3. The molecule has 2 aliphatic rings. The highest BCUT2D eigenvalue weighted by Crippen LogP contribution is 2.22. The molecule has 2 saturated heterocycles. The van der Waals surface area contributed by atoms with Gasteiger partial charge in [-0.3, -0.25) is 9.59 Å². The second kappa shape index (κ2) is 10.6. The highest BCUT2D eigenvalue weighted by Gasteiger charge is 2.24. The van der Waals surface area contributed by atoms with Crippen molar-refractivity contribution in [3.8, 4) is 5.75 Å². The van der Waals surface area contributed by atoms with E-state index in [1.165, 1.54) is 18.6 Å². The van der Waals surface area contributed by atoms with Crippen LogP contribution in [0.3, 0.4) is 0 Å². The van der Waals surface area contributed by atoms with Crippen LogP contribution < -0.4 is 4.74 Å². The van der Waals surface area contributed by atoms with E-state index in [9.17, 15) is 14.0 Å². The number of carbonyl (C=O) groups is 2. The zero-order valence-electron chi connectivity index (χ0n) is 18.5. The van der Waals surface area contributed by atoms with E-state index in [4.69, 9.17) is 4.74 Å². The Labute approximate surface area is 189 Å². The quantitative estimate of drug-likeness (QED) is 0.675. The fraction of sp³-hybridized carbons (Fsp3) is 0.462.